The first-order valence-electron chi connectivity index (χ1n) is 8.48. The molecule has 0 saturated carbocycles. The van der Waals surface area contributed by atoms with Gasteiger partial charge in [-0.25, -0.2) is 13.4 Å². The van der Waals surface area contributed by atoms with E-state index in [4.69, 9.17) is 4.74 Å². The van der Waals surface area contributed by atoms with Crippen LogP contribution in [0.2, 0.25) is 0 Å². The van der Waals surface area contributed by atoms with E-state index in [2.05, 4.69) is 9.71 Å². The first kappa shape index (κ1) is 18.9. The number of sulfonamides is 1. The van der Waals surface area contributed by atoms with Crippen molar-refractivity contribution < 1.29 is 17.9 Å². The molecule has 0 unspecified atom stereocenters. The molecule has 1 amide bonds. The van der Waals surface area contributed by atoms with Crippen LogP contribution in [0.25, 0.3) is 11.3 Å². The number of hydrogen-bond acceptors (Lipinski definition) is 7. The van der Waals surface area contributed by atoms with Crippen molar-refractivity contribution in [1.82, 2.24) is 4.98 Å². The van der Waals surface area contributed by atoms with Gasteiger partial charge in [0.15, 0.2) is 11.7 Å². The van der Waals surface area contributed by atoms with Gasteiger partial charge in [-0.2, -0.15) is 0 Å². The zero-order valence-electron chi connectivity index (χ0n) is 15.1. The van der Waals surface area contributed by atoms with Gasteiger partial charge in [-0.05, 0) is 36.8 Å². The Morgan fingerprint density at radius 1 is 1.29 bits per heavy atom. The molecule has 3 heterocycles. The third-order valence-corrected chi connectivity index (χ3v) is 8.26. The predicted molar refractivity (Wildman–Crippen MR) is 111 cm³/mol. The smallest absolute Gasteiger partial charge is 0.273 e. The molecule has 2 aromatic heterocycles. The first-order valence-corrected chi connectivity index (χ1v) is 11.7. The molecular weight excluding hydrogens is 418 g/mol. The Balaban J connectivity index is 1.59. The summed E-state index contributed by atoms with van der Waals surface area (Å²) in [5, 5.41) is 2.07. The number of rotatable bonds is 5. The number of thiophene rings is 1. The van der Waals surface area contributed by atoms with E-state index >= 15 is 0 Å². The Hall–Kier alpha value is -2.43. The fourth-order valence-electron chi connectivity index (χ4n) is 2.74. The summed E-state index contributed by atoms with van der Waals surface area (Å²) >= 11 is 2.46. The number of nitrogens with zero attached hydrogens (tertiary/aromatic N) is 2. The fraction of sp³-hybridized carbons (Fsp3) is 0.222. The third kappa shape index (κ3) is 3.50. The highest BCUT2D eigenvalue weighted by molar-refractivity contribution is 7.94. The summed E-state index contributed by atoms with van der Waals surface area (Å²) in [6.07, 6.45) is 0.792. The van der Waals surface area contributed by atoms with Gasteiger partial charge in [0.1, 0.15) is 9.96 Å². The summed E-state index contributed by atoms with van der Waals surface area (Å²) in [5.74, 6) is 0.505. The lowest BCUT2D eigenvalue weighted by molar-refractivity contribution is -0.120. The zero-order chi connectivity index (χ0) is 19.9. The molecule has 146 valence electrons. The molecule has 4 rings (SSSR count). The number of likely N-dealkylation sites (N-methyl/N-ethyl adjacent to an activating group) is 1. The summed E-state index contributed by atoms with van der Waals surface area (Å²) in [4.78, 5) is 18.8. The quantitative estimate of drug-likeness (QED) is 0.662. The maximum absolute atomic E-state index is 12.6. The number of fused-ring (bicyclic) bond motifs is 1. The summed E-state index contributed by atoms with van der Waals surface area (Å²) in [6, 6.07) is 8.86. The first-order chi connectivity index (χ1) is 13.4. The second-order valence-corrected chi connectivity index (χ2v) is 10.1. The number of nitrogens with one attached hydrogen (secondary N) is 1. The minimum Gasteiger partial charge on any atom is -0.482 e. The van der Waals surface area contributed by atoms with Crippen LogP contribution in [0.1, 0.15) is 11.8 Å². The SMILES string of the molecule is CCc1ccc(S(=O)(=O)Nc2nc(-c3ccc4c(c3)N(C)C(=O)CO4)cs2)s1. The van der Waals surface area contributed by atoms with E-state index in [1.807, 2.05) is 25.1 Å². The lowest BCUT2D eigenvalue weighted by Crippen LogP contribution is -2.35. The van der Waals surface area contributed by atoms with Crippen LogP contribution in [0, 0.1) is 0 Å². The zero-order valence-corrected chi connectivity index (χ0v) is 17.6. The molecule has 0 atom stereocenters. The normalized spacial score (nSPS) is 13.9. The summed E-state index contributed by atoms with van der Waals surface area (Å²) in [6.45, 7) is 2.01. The summed E-state index contributed by atoms with van der Waals surface area (Å²) < 4.78 is 33.3. The molecular formula is C18H17N3O4S3. The van der Waals surface area contributed by atoms with Crippen molar-refractivity contribution in [2.24, 2.45) is 0 Å². The molecule has 0 bridgehead atoms. The van der Waals surface area contributed by atoms with Gasteiger partial charge in [0.05, 0.1) is 11.4 Å². The minimum atomic E-state index is -3.66. The van der Waals surface area contributed by atoms with Gasteiger partial charge in [-0.3, -0.25) is 9.52 Å². The second-order valence-electron chi connectivity index (χ2n) is 6.14. The van der Waals surface area contributed by atoms with Gasteiger partial charge < -0.3 is 9.64 Å². The minimum absolute atomic E-state index is 0.0218. The van der Waals surface area contributed by atoms with E-state index < -0.39 is 10.0 Å². The molecule has 0 spiro atoms. The predicted octanol–water partition coefficient (Wildman–Crippen LogP) is 3.59. The maximum atomic E-state index is 12.6. The second kappa shape index (κ2) is 7.19. The van der Waals surface area contributed by atoms with Crippen molar-refractivity contribution in [1.29, 1.82) is 0 Å². The van der Waals surface area contributed by atoms with Gasteiger partial charge in [0.25, 0.3) is 15.9 Å². The van der Waals surface area contributed by atoms with Crippen molar-refractivity contribution >= 4 is 49.4 Å². The maximum Gasteiger partial charge on any atom is 0.273 e. The van der Waals surface area contributed by atoms with E-state index in [0.29, 0.717) is 22.3 Å². The number of carbonyl (C=O) groups excluding carboxylic acids is 1. The average Bonchev–Trinajstić information content (AvgIpc) is 3.34. The topological polar surface area (TPSA) is 88.6 Å². The molecule has 10 heteroatoms. The van der Waals surface area contributed by atoms with Gasteiger partial charge in [0.2, 0.25) is 0 Å². The average molecular weight is 436 g/mol. The van der Waals surface area contributed by atoms with E-state index in [9.17, 15) is 13.2 Å². The van der Waals surface area contributed by atoms with Crippen LogP contribution in [0.3, 0.4) is 0 Å². The van der Waals surface area contributed by atoms with E-state index in [0.717, 1.165) is 16.9 Å². The third-order valence-electron chi connectivity index (χ3n) is 4.32. The number of aromatic nitrogens is 1. The number of thiazole rings is 1. The van der Waals surface area contributed by atoms with Crippen molar-refractivity contribution in [2.45, 2.75) is 17.6 Å². The van der Waals surface area contributed by atoms with Gasteiger partial charge in [-0.15, -0.1) is 22.7 Å². The number of aryl methyl sites for hydroxylation is 1. The summed E-state index contributed by atoms with van der Waals surface area (Å²) in [5.41, 5.74) is 2.06. The van der Waals surface area contributed by atoms with Gasteiger partial charge in [-0.1, -0.05) is 6.92 Å². The Kier molecular flexibility index (Phi) is 4.86. The van der Waals surface area contributed by atoms with E-state index in [1.165, 1.54) is 22.7 Å². The molecule has 0 aliphatic carbocycles. The van der Waals surface area contributed by atoms with Crippen molar-refractivity contribution in [2.75, 3.05) is 23.3 Å². The highest BCUT2D eigenvalue weighted by Crippen LogP contribution is 2.36. The highest BCUT2D eigenvalue weighted by Gasteiger charge is 2.23. The van der Waals surface area contributed by atoms with Crippen molar-refractivity contribution in [3.05, 3.63) is 40.6 Å². The monoisotopic (exact) mass is 435 g/mol. The number of ether oxygens (including phenoxy) is 1. The Bertz CT molecular complexity index is 1150. The van der Waals surface area contributed by atoms with Crippen LogP contribution in [0.4, 0.5) is 10.8 Å². The Labute approximate surface area is 170 Å². The molecule has 1 aromatic carbocycles. The molecule has 28 heavy (non-hydrogen) atoms. The number of carbonyl (C=O) groups is 1. The summed E-state index contributed by atoms with van der Waals surface area (Å²) in [7, 11) is -1.96. The van der Waals surface area contributed by atoms with Crippen LogP contribution >= 0.6 is 22.7 Å². The number of anilines is 2. The van der Waals surface area contributed by atoms with E-state index in [-0.39, 0.29) is 16.7 Å². The molecule has 7 nitrogen and oxygen atoms in total. The molecule has 1 aliphatic heterocycles. The number of benzene rings is 1. The lowest BCUT2D eigenvalue weighted by Gasteiger charge is -2.26. The van der Waals surface area contributed by atoms with Crippen LogP contribution < -0.4 is 14.4 Å². The molecule has 1 aliphatic rings. The number of amides is 1. The van der Waals surface area contributed by atoms with Crippen LogP contribution in [0.5, 0.6) is 5.75 Å². The van der Waals surface area contributed by atoms with Gasteiger partial charge >= 0.3 is 0 Å². The molecule has 0 fully saturated rings. The highest BCUT2D eigenvalue weighted by atomic mass is 32.2. The molecule has 0 radical (unpaired) electrons. The van der Waals surface area contributed by atoms with Crippen LogP contribution in [-0.2, 0) is 21.2 Å². The standard InChI is InChI=1S/C18H17N3O4S3/c1-3-12-5-7-17(27-12)28(23,24)20-18-19-13(10-26-18)11-4-6-15-14(8-11)21(2)16(22)9-25-15/h4-8,10H,3,9H2,1-2H3,(H,19,20). The van der Waals surface area contributed by atoms with E-state index in [1.54, 1.807) is 29.5 Å². The van der Waals surface area contributed by atoms with Crippen molar-refractivity contribution in [3.8, 4) is 17.0 Å². The van der Waals surface area contributed by atoms with Crippen LogP contribution in [-0.4, -0.2) is 33.0 Å². The lowest BCUT2D eigenvalue weighted by atomic mass is 10.1. The Morgan fingerprint density at radius 2 is 2.11 bits per heavy atom. The van der Waals surface area contributed by atoms with Gasteiger partial charge in [0, 0.05) is 22.9 Å². The Morgan fingerprint density at radius 3 is 2.86 bits per heavy atom. The molecule has 3 aromatic rings. The van der Waals surface area contributed by atoms with Crippen LogP contribution in [0.15, 0.2) is 39.9 Å². The molecule has 1 N–H and O–H groups in total. The van der Waals surface area contributed by atoms with Crippen molar-refractivity contribution in [3.63, 3.8) is 0 Å². The largest absolute Gasteiger partial charge is 0.482 e. The fourth-order valence-corrected chi connectivity index (χ4v) is 6.01. The molecule has 0 saturated heterocycles. The number of hydrogen-bond donors (Lipinski definition) is 1.